The van der Waals surface area contributed by atoms with Crippen molar-refractivity contribution >= 4 is 5.78 Å². The maximum Gasteiger partial charge on any atom is 0.164 e. The molecule has 1 aromatic carbocycles. The minimum atomic E-state index is 0.251. The van der Waals surface area contributed by atoms with Gasteiger partial charge in [-0.15, -0.1) is 0 Å². The van der Waals surface area contributed by atoms with E-state index in [0.717, 1.165) is 18.7 Å². The Labute approximate surface area is 122 Å². The van der Waals surface area contributed by atoms with Gasteiger partial charge in [-0.1, -0.05) is 29.8 Å². The van der Waals surface area contributed by atoms with Gasteiger partial charge in [0.1, 0.15) is 0 Å². The Hall–Kier alpha value is -1.19. The van der Waals surface area contributed by atoms with E-state index in [9.17, 15) is 4.79 Å². The second-order valence-corrected chi connectivity index (χ2v) is 6.08. The number of nitrogens with zero attached hydrogens (tertiary/aromatic N) is 2. The van der Waals surface area contributed by atoms with Crippen LogP contribution in [0.15, 0.2) is 24.3 Å². The van der Waals surface area contributed by atoms with Crippen molar-refractivity contribution in [2.75, 3.05) is 33.7 Å². The monoisotopic (exact) mass is 274 g/mol. The molecule has 0 spiro atoms. The third-order valence-corrected chi connectivity index (χ3v) is 4.29. The summed E-state index contributed by atoms with van der Waals surface area (Å²) in [5.41, 5.74) is 2.04. The van der Waals surface area contributed by atoms with Crippen LogP contribution in [0.5, 0.6) is 0 Å². The molecule has 0 N–H and O–H groups in total. The number of ketones is 1. The number of hydrogen-bond donors (Lipinski definition) is 0. The fraction of sp³-hybridized carbons (Fsp3) is 0.588. The first-order valence-corrected chi connectivity index (χ1v) is 7.55. The highest BCUT2D eigenvalue weighted by atomic mass is 16.1. The minimum Gasteiger partial charge on any atom is -0.305 e. The lowest BCUT2D eigenvalue weighted by Gasteiger charge is -2.35. The zero-order valence-electron chi connectivity index (χ0n) is 12.9. The maximum absolute atomic E-state index is 12.2. The first kappa shape index (κ1) is 15.2. The van der Waals surface area contributed by atoms with E-state index in [4.69, 9.17) is 0 Å². The summed E-state index contributed by atoms with van der Waals surface area (Å²) >= 11 is 0. The predicted molar refractivity (Wildman–Crippen MR) is 83.3 cm³/mol. The molecule has 3 nitrogen and oxygen atoms in total. The van der Waals surface area contributed by atoms with E-state index in [2.05, 4.69) is 23.9 Å². The van der Waals surface area contributed by atoms with Crippen molar-refractivity contribution in [1.29, 1.82) is 0 Å². The molecule has 0 aliphatic carbocycles. The van der Waals surface area contributed by atoms with Gasteiger partial charge >= 0.3 is 0 Å². The van der Waals surface area contributed by atoms with Crippen molar-refractivity contribution in [3.05, 3.63) is 35.4 Å². The first-order valence-electron chi connectivity index (χ1n) is 7.55. The van der Waals surface area contributed by atoms with Gasteiger partial charge in [0.25, 0.3) is 0 Å². The second kappa shape index (κ2) is 7.00. The Bertz CT molecular complexity index is 441. The van der Waals surface area contributed by atoms with E-state index < -0.39 is 0 Å². The first-order chi connectivity index (χ1) is 9.56. The SMILES string of the molecule is Cc1ccc(C(=O)CCN(C)C2CCCN(C)C2)cc1. The zero-order chi connectivity index (χ0) is 14.5. The van der Waals surface area contributed by atoms with Gasteiger partial charge in [-0.05, 0) is 40.4 Å². The zero-order valence-corrected chi connectivity index (χ0v) is 12.9. The number of piperidine rings is 1. The summed E-state index contributed by atoms with van der Waals surface area (Å²) in [4.78, 5) is 16.9. The van der Waals surface area contributed by atoms with Crippen molar-refractivity contribution in [3.8, 4) is 0 Å². The molecular weight excluding hydrogens is 248 g/mol. The maximum atomic E-state index is 12.2. The van der Waals surface area contributed by atoms with E-state index in [-0.39, 0.29) is 5.78 Å². The van der Waals surface area contributed by atoms with Crippen LogP contribution in [0.4, 0.5) is 0 Å². The van der Waals surface area contributed by atoms with Crippen molar-refractivity contribution in [1.82, 2.24) is 9.80 Å². The molecule has 0 radical (unpaired) electrons. The van der Waals surface area contributed by atoms with Crippen LogP contribution >= 0.6 is 0 Å². The topological polar surface area (TPSA) is 23.6 Å². The van der Waals surface area contributed by atoms with Crippen molar-refractivity contribution in [3.63, 3.8) is 0 Å². The van der Waals surface area contributed by atoms with Crippen molar-refractivity contribution in [2.24, 2.45) is 0 Å². The second-order valence-electron chi connectivity index (χ2n) is 6.08. The molecule has 1 aliphatic heterocycles. The predicted octanol–water partition coefficient (Wildman–Crippen LogP) is 2.59. The highest BCUT2D eigenvalue weighted by Crippen LogP contribution is 2.14. The molecule has 110 valence electrons. The quantitative estimate of drug-likeness (QED) is 0.771. The van der Waals surface area contributed by atoms with Crippen LogP contribution in [0.1, 0.15) is 35.2 Å². The molecule has 20 heavy (non-hydrogen) atoms. The largest absolute Gasteiger partial charge is 0.305 e. The molecule has 3 heteroatoms. The van der Waals surface area contributed by atoms with Crippen LogP contribution < -0.4 is 0 Å². The van der Waals surface area contributed by atoms with Crippen LogP contribution in [-0.4, -0.2) is 55.4 Å². The molecule has 0 bridgehead atoms. The van der Waals surface area contributed by atoms with Gasteiger partial charge < -0.3 is 9.80 Å². The lowest BCUT2D eigenvalue weighted by molar-refractivity contribution is 0.0931. The normalized spacial score (nSPS) is 20.3. The number of likely N-dealkylation sites (N-methyl/N-ethyl adjacent to an activating group) is 2. The Morgan fingerprint density at radius 1 is 1.35 bits per heavy atom. The Morgan fingerprint density at radius 3 is 2.70 bits per heavy atom. The fourth-order valence-electron chi connectivity index (χ4n) is 2.84. The van der Waals surface area contributed by atoms with Gasteiger partial charge in [0.15, 0.2) is 5.78 Å². The molecule has 0 aromatic heterocycles. The van der Waals surface area contributed by atoms with Crippen LogP contribution in [0, 0.1) is 6.92 Å². The third kappa shape index (κ3) is 4.15. The summed E-state index contributed by atoms with van der Waals surface area (Å²) in [7, 11) is 4.32. The lowest BCUT2D eigenvalue weighted by Crippen LogP contribution is -2.45. The van der Waals surface area contributed by atoms with Crippen molar-refractivity contribution in [2.45, 2.75) is 32.2 Å². The summed E-state index contributed by atoms with van der Waals surface area (Å²) in [6.45, 7) is 5.22. The van der Waals surface area contributed by atoms with Crippen LogP contribution in [-0.2, 0) is 0 Å². The van der Waals surface area contributed by atoms with Gasteiger partial charge in [0.05, 0.1) is 0 Å². The number of Topliss-reactive ketones (excluding diaryl/α,β-unsaturated/α-hetero) is 1. The summed E-state index contributed by atoms with van der Waals surface area (Å²) in [5, 5.41) is 0. The molecule has 1 saturated heterocycles. The van der Waals surface area contributed by atoms with Gasteiger partial charge in [-0.3, -0.25) is 4.79 Å². The fourth-order valence-corrected chi connectivity index (χ4v) is 2.84. The average Bonchev–Trinajstić information content (AvgIpc) is 2.45. The number of rotatable bonds is 5. The highest BCUT2D eigenvalue weighted by molar-refractivity contribution is 5.96. The Morgan fingerprint density at radius 2 is 2.05 bits per heavy atom. The summed E-state index contributed by atoms with van der Waals surface area (Å²) in [6, 6.07) is 8.48. The number of likely N-dealkylation sites (tertiary alicyclic amines) is 1. The van der Waals surface area contributed by atoms with E-state index in [1.54, 1.807) is 0 Å². The third-order valence-electron chi connectivity index (χ3n) is 4.29. The smallest absolute Gasteiger partial charge is 0.164 e. The summed E-state index contributed by atoms with van der Waals surface area (Å²) in [5.74, 6) is 0.251. The van der Waals surface area contributed by atoms with Crippen LogP contribution in [0.3, 0.4) is 0 Å². The van der Waals surface area contributed by atoms with Gasteiger partial charge in [-0.25, -0.2) is 0 Å². The van der Waals surface area contributed by atoms with Gasteiger partial charge in [-0.2, -0.15) is 0 Å². The Balaban J connectivity index is 1.82. The number of carbonyl (C=O) groups is 1. The molecule has 1 heterocycles. The summed E-state index contributed by atoms with van der Waals surface area (Å²) < 4.78 is 0. The molecule has 1 unspecified atom stereocenters. The number of aryl methyl sites for hydroxylation is 1. The van der Waals surface area contributed by atoms with Gasteiger partial charge in [0, 0.05) is 31.1 Å². The standard InChI is InChI=1S/C17H26N2O/c1-14-6-8-15(9-7-14)17(20)10-12-19(3)16-5-4-11-18(2)13-16/h6-9,16H,4-5,10-13H2,1-3H3. The molecule has 1 atom stereocenters. The van der Waals surface area contributed by atoms with Crippen LogP contribution in [0.25, 0.3) is 0 Å². The van der Waals surface area contributed by atoms with Gasteiger partial charge in [0.2, 0.25) is 0 Å². The molecule has 2 rings (SSSR count). The molecule has 0 amide bonds. The molecule has 1 fully saturated rings. The molecular formula is C17H26N2O. The average molecular weight is 274 g/mol. The van der Waals surface area contributed by atoms with E-state index in [1.807, 2.05) is 31.2 Å². The van der Waals surface area contributed by atoms with E-state index in [1.165, 1.54) is 24.9 Å². The number of benzene rings is 1. The van der Waals surface area contributed by atoms with E-state index in [0.29, 0.717) is 12.5 Å². The van der Waals surface area contributed by atoms with E-state index >= 15 is 0 Å². The highest BCUT2D eigenvalue weighted by Gasteiger charge is 2.21. The molecule has 0 saturated carbocycles. The number of hydrogen-bond acceptors (Lipinski definition) is 3. The Kier molecular flexibility index (Phi) is 5.32. The number of carbonyl (C=O) groups excluding carboxylic acids is 1. The molecule has 1 aliphatic rings. The van der Waals surface area contributed by atoms with Crippen LogP contribution in [0.2, 0.25) is 0 Å². The minimum absolute atomic E-state index is 0.251. The lowest BCUT2D eigenvalue weighted by atomic mass is 10.0. The summed E-state index contributed by atoms with van der Waals surface area (Å²) in [6.07, 6.45) is 3.12. The van der Waals surface area contributed by atoms with Crippen molar-refractivity contribution < 1.29 is 4.79 Å². The molecule has 1 aromatic rings.